The van der Waals surface area contributed by atoms with Gasteiger partial charge in [-0.05, 0) is 41.0 Å². The van der Waals surface area contributed by atoms with Crippen LogP contribution in [0.4, 0.5) is 8.78 Å². The van der Waals surface area contributed by atoms with Crippen molar-refractivity contribution in [2.24, 2.45) is 0 Å². The zero-order valence-corrected chi connectivity index (χ0v) is 21.9. The molecule has 0 fully saturated rings. The number of hydrogen-bond donors (Lipinski definition) is 1. The van der Waals surface area contributed by atoms with Crippen molar-refractivity contribution in [1.82, 2.24) is 5.32 Å². The number of rotatable bonds is 12. The zero-order valence-electron chi connectivity index (χ0n) is 21.9. The molecular formula is C32H29F2NO5. The fourth-order valence-electron chi connectivity index (χ4n) is 4.06. The van der Waals surface area contributed by atoms with Crippen LogP contribution < -0.4 is 14.8 Å². The quantitative estimate of drug-likeness (QED) is 0.236. The molecule has 0 radical (unpaired) electrons. The van der Waals surface area contributed by atoms with E-state index in [-0.39, 0.29) is 18.6 Å². The fourth-order valence-corrected chi connectivity index (χ4v) is 4.06. The summed E-state index contributed by atoms with van der Waals surface area (Å²) in [5, 5.41) is 2.54. The molecule has 1 amide bonds. The minimum atomic E-state index is -1.09. The number of amides is 1. The third-order valence-electron chi connectivity index (χ3n) is 6.14. The highest BCUT2D eigenvalue weighted by Gasteiger charge is 2.24. The van der Waals surface area contributed by atoms with Crippen LogP contribution in [-0.4, -0.2) is 25.0 Å². The Morgan fingerprint density at radius 3 is 1.88 bits per heavy atom. The Morgan fingerprint density at radius 1 is 0.725 bits per heavy atom. The van der Waals surface area contributed by atoms with Crippen LogP contribution in [0.15, 0.2) is 97.1 Å². The van der Waals surface area contributed by atoms with Crippen molar-refractivity contribution in [3.63, 3.8) is 0 Å². The molecule has 0 saturated carbocycles. The van der Waals surface area contributed by atoms with Crippen molar-refractivity contribution in [3.8, 4) is 11.5 Å². The molecule has 40 heavy (non-hydrogen) atoms. The Hall–Kier alpha value is -4.72. The van der Waals surface area contributed by atoms with Crippen molar-refractivity contribution in [2.75, 3.05) is 7.11 Å². The number of benzene rings is 4. The first kappa shape index (κ1) is 28.3. The van der Waals surface area contributed by atoms with Crippen LogP contribution >= 0.6 is 0 Å². The average Bonchev–Trinajstić information content (AvgIpc) is 2.98. The number of esters is 1. The van der Waals surface area contributed by atoms with Gasteiger partial charge in [-0.1, -0.05) is 72.8 Å². The lowest BCUT2D eigenvalue weighted by Gasteiger charge is -2.19. The smallest absolute Gasteiger partial charge is 0.328 e. The summed E-state index contributed by atoms with van der Waals surface area (Å²) in [5.41, 5.74) is 2.23. The van der Waals surface area contributed by atoms with Crippen LogP contribution in [-0.2, 0) is 40.4 Å². The van der Waals surface area contributed by atoms with E-state index in [0.717, 1.165) is 23.3 Å². The lowest BCUT2D eigenvalue weighted by atomic mass is 10.0. The number of methoxy groups -OCH3 is 1. The predicted octanol–water partition coefficient (Wildman–Crippen LogP) is 5.57. The van der Waals surface area contributed by atoms with Gasteiger partial charge in [0.1, 0.15) is 30.9 Å². The molecule has 0 aliphatic rings. The summed E-state index contributed by atoms with van der Waals surface area (Å²) in [5.74, 6) is -2.12. The van der Waals surface area contributed by atoms with Gasteiger partial charge in [0.2, 0.25) is 5.91 Å². The van der Waals surface area contributed by atoms with Crippen molar-refractivity contribution in [3.05, 3.63) is 131 Å². The van der Waals surface area contributed by atoms with Crippen molar-refractivity contribution in [1.29, 1.82) is 0 Å². The van der Waals surface area contributed by atoms with Gasteiger partial charge in [0.15, 0.2) is 11.5 Å². The van der Waals surface area contributed by atoms with Gasteiger partial charge in [0, 0.05) is 12.0 Å². The maximum Gasteiger partial charge on any atom is 0.328 e. The van der Waals surface area contributed by atoms with Gasteiger partial charge in [-0.2, -0.15) is 0 Å². The summed E-state index contributed by atoms with van der Waals surface area (Å²) in [6.45, 7) is 0.618. The number of halogens is 2. The molecule has 0 unspecified atom stereocenters. The zero-order chi connectivity index (χ0) is 28.3. The summed E-state index contributed by atoms with van der Waals surface area (Å²) < 4.78 is 45.1. The number of hydrogen-bond acceptors (Lipinski definition) is 5. The second-order valence-corrected chi connectivity index (χ2v) is 9.05. The third kappa shape index (κ3) is 7.89. The van der Waals surface area contributed by atoms with Gasteiger partial charge in [-0.25, -0.2) is 13.6 Å². The highest BCUT2D eigenvalue weighted by atomic mass is 19.1. The molecule has 0 aliphatic carbocycles. The molecule has 0 aromatic heterocycles. The molecule has 4 aromatic rings. The summed E-state index contributed by atoms with van der Waals surface area (Å²) >= 11 is 0. The summed E-state index contributed by atoms with van der Waals surface area (Å²) in [6, 6.07) is 26.8. The first-order valence-corrected chi connectivity index (χ1v) is 12.7. The molecular weight excluding hydrogens is 516 g/mol. The van der Waals surface area contributed by atoms with Crippen LogP contribution in [0, 0.1) is 11.6 Å². The Bertz CT molecular complexity index is 1410. The average molecular weight is 546 g/mol. The largest absolute Gasteiger partial charge is 0.485 e. The molecule has 4 rings (SSSR count). The summed E-state index contributed by atoms with van der Waals surface area (Å²) in [4.78, 5) is 25.2. The van der Waals surface area contributed by atoms with Crippen molar-refractivity contribution < 1.29 is 32.6 Å². The highest BCUT2D eigenvalue weighted by molar-refractivity contribution is 5.86. The Labute approximate surface area is 231 Å². The van der Waals surface area contributed by atoms with Gasteiger partial charge < -0.3 is 19.5 Å². The van der Waals surface area contributed by atoms with E-state index in [1.165, 1.54) is 13.2 Å². The van der Waals surface area contributed by atoms with E-state index >= 15 is 0 Å². The van der Waals surface area contributed by atoms with Crippen molar-refractivity contribution in [2.45, 2.75) is 32.1 Å². The van der Waals surface area contributed by atoms with E-state index in [1.807, 2.05) is 60.7 Å². The molecule has 0 bridgehead atoms. The van der Waals surface area contributed by atoms with E-state index in [4.69, 9.17) is 14.2 Å². The normalized spacial score (nSPS) is 11.4. The standard InChI is InChI=1S/C32H29F2NO5/c1-38-32(37)28(35-31(36)19-25-26(33)13-8-14-27(25)34)17-24-15-16-29(39-20-22-9-4-2-5-10-22)30(18-24)40-21-23-11-6-3-7-12-23/h2-16,18,28H,17,19-21H2,1H3,(H,35,36)/t28-/m0/s1. The van der Waals surface area contributed by atoms with Gasteiger partial charge in [-0.3, -0.25) is 4.79 Å². The minimum absolute atomic E-state index is 0.0544. The van der Waals surface area contributed by atoms with E-state index in [9.17, 15) is 18.4 Å². The summed E-state index contributed by atoms with van der Waals surface area (Å²) in [6.07, 6.45) is -0.511. The molecule has 1 N–H and O–H groups in total. The topological polar surface area (TPSA) is 73.9 Å². The number of nitrogens with one attached hydrogen (secondary N) is 1. The number of carbonyl (C=O) groups excluding carboxylic acids is 2. The molecule has 4 aromatic carbocycles. The summed E-state index contributed by atoms with van der Waals surface area (Å²) in [7, 11) is 1.20. The van der Waals surface area contributed by atoms with Gasteiger partial charge in [0.25, 0.3) is 0 Å². The van der Waals surface area contributed by atoms with E-state index in [2.05, 4.69) is 5.32 Å². The highest BCUT2D eigenvalue weighted by Crippen LogP contribution is 2.31. The number of carbonyl (C=O) groups is 2. The van der Waals surface area contributed by atoms with Crippen LogP contribution in [0.25, 0.3) is 0 Å². The Kier molecular flexibility index (Phi) is 9.83. The fraction of sp³-hybridized carbons (Fsp3) is 0.188. The first-order valence-electron chi connectivity index (χ1n) is 12.7. The molecule has 0 spiro atoms. The predicted molar refractivity (Wildman–Crippen MR) is 146 cm³/mol. The molecule has 6 nitrogen and oxygen atoms in total. The maximum absolute atomic E-state index is 14.0. The Morgan fingerprint density at radius 2 is 1.30 bits per heavy atom. The van der Waals surface area contributed by atoms with E-state index in [0.29, 0.717) is 23.7 Å². The molecule has 0 aliphatic heterocycles. The maximum atomic E-state index is 14.0. The lowest BCUT2D eigenvalue weighted by Crippen LogP contribution is -2.43. The lowest BCUT2D eigenvalue weighted by molar-refractivity contribution is -0.145. The minimum Gasteiger partial charge on any atom is -0.485 e. The van der Waals surface area contributed by atoms with Crippen molar-refractivity contribution >= 4 is 11.9 Å². The van der Waals surface area contributed by atoms with Crippen LogP contribution in [0.2, 0.25) is 0 Å². The van der Waals surface area contributed by atoms with Gasteiger partial charge in [0.05, 0.1) is 13.5 Å². The number of ether oxygens (including phenoxy) is 3. The third-order valence-corrected chi connectivity index (χ3v) is 6.14. The SMILES string of the molecule is COC(=O)[C@H](Cc1ccc(OCc2ccccc2)c(OCc2ccccc2)c1)NC(=O)Cc1c(F)cccc1F. The van der Waals surface area contributed by atoms with Gasteiger partial charge >= 0.3 is 5.97 Å². The molecule has 0 heterocycles. The Balaban J connectivity index is 1.51. The van der Waals surface area contributed by atoms with E-state index < -0.39 is 36.0 Å². The second-order valence-electron chi connectivity index (χ2n) is 9.05. The van der Waals surface area contributed by atoms with Gasteiger partial charge in [-0.15, -0.1) is 0 Å². The van der Waals surface area contributed by atoms with E-state index in [1.54, 1.807) is 18.2 Å². The first-order chi connectivity index (χ1) is 19.4. The van der Waals surface area contributed by atoms with Crippen LogP contribution in [0.5, 0.6) is 11.5 Å². The second kappa shape index (κ2) is 13.9. The molecule has 206 valence electrons. The molecule has 1 atom stereocenters. The van der Waals surface area contributed by atoms with Crippen LogP contribution in [0.3, 0.4) is 0 Å². The van der Waals surface area contributed by atoms with Crippen LogP contribution in [0.1, 0.15) is 22.3 Å². The molecule has 8 heteroatoms. The monoisotopic (exact) mass is 545 g/mol. The molecule has 0 saturated heterocycles.